The third kappa shape index (κ3) is 2.31. The Morgan fingerprint density at radius 2 is 1.79 bits per heavy atom. The Labute approximate surface area is 92.8 Å². The monoisotopic (exact) mass is 227 g/mol. The minimum absolute atomic E-state index is 0.352. The molecule has 0 aromatic rings. The largest absolute Gasteiger partial charge is 0.322 e. The molecule has 2 fully saturated rings. The van der Waals surface area contributed by atoms with E-state index in [1.54, 1.807) is 11.3 Å². The van der Waals surface area contributed by atoms with E-state index >= 15 is 0 Å². The lowest BCUT2D eigenvalue weighted by molar-refractivity contribution is 0.216. The Bertz CT molecular complexity index is 174. The SMILES string of the molecule is CC(C)N(C1CCCCC1)[SiH]1C[SiH2]C1. The Morgan fingerprint density at radius 1 is 1.14 bits per heavy atom. The molecule has 2 rings (SSSR count). The molecule has 0 atom stereocenters. The van der Waals surface area contributed by atoms with Crippen molar-refractivity contribution in [3.8, 4) is 0 Å². The van der Waals surface area contributed by atoms with Gasteiger partial charge in [-0.15, -0.1) is 0 Å². The molecule has 0 N–H and O–H groups in total. The molecule has 1 aliphatic carbocycles. The van der Waals surface area contributed by atoms with Crippen molar-refractivity contribution in [2.24, 2.45) is 0 Å². The zero-order chi connectivity index (χ0) is 9.97. The summed E-state index contributed by atoms with van der Waals surface area (Å²) in [6, 6.07) is 1.86. The van der Waals surface area contributed by atoms with E-state index in [0.717, 1.165) is 12.1 Å². The maximum absolute atomic E-state index is 3.01. The molecule has 0 spiro atoms. The first-order valence-electron chi connectivity index (χ1n) is 6.56. The van der Waals surface area contributed by atoms with Crippen LogP contribution in [0.5, 0.6) is 0 Å². The highest BCUT2D eigenvalue weighted by Crippen LogP contribution is 2.29. The Hall–Kier alpha value is 0.394. The minimum Gasteiger partial charge on any atom is -0.322 e. The molecule has 0 bridgehead atoms. The van der Waals surface area contributed by atoms with Gasteiger partial charge in [-0.25, -0.2) is 0 Å². The van der Waals surface area contributed by atoms with Gasteiger partial charge in [-0.05, 0) is 18.9 Å². The van der Waals surface area contributed by atoms with Crippen molar-refractivity contribution < 1.29 is 0 Å². The highest BCUT2D eigenvalue weighted by Gasteiger charge is 2.33. The van der Waals surface area contributed by atoms with Gasteiger partial charge in [-0.2, -0.15) is 0 Å². The lowest BCUT2D eigenvalue weighted by Gasteiger charge is -2.45. The first kappa shape index (κ1) is 10.9. The molecule has 1 saturated carbocycles. The quantitative estimate of drug-likeness (QED) is 0.665. The van der Waals surface area contributed by atoms with E-state index in [2.05, 4.69) is 18.4 Å². The molecule has 1 aliphatic heterocycles. The van der Waals surface area contributed by atoms with Crippen LogP contribution >= 0.6 is 0 Å². The van der Waals surface area contributed by atoms with E-state index in [1.165, 1.54) is 32.1 Å². The molecule has 0 aromatic carbocycles. The zero-order valence-electron chi connectivity index (χ0n) is 9.84. The maximum Gasteiger partial charge on any atom is 0.106 e. The van der Waals surface area contributed by atoms with Gasteiger partial charge in [-0.3, -0.25) is 0 Å². The summed E-state index contributed by atoms with van der Waals surface area (Å²) < 4.78 is 3.01. The van der Waals surface area contributed by atoms with Gasteiger partial charge in [0, 0.05) is 15.6 Å². The summed E-state index contributed by atoms with van der Waals surface area (Å²) in [4.78, 5) is 0. The fraction of sp³-hybridized carbons (Fsp3) is 1.00. The average molecular weight is 227 g/mol. The summed E-state index contributed by atoms with van der Waals surface area (Å²) in [6.07, 6.45) is 7.55. The predicted octanol–water partition coefficient (Wildman–Crippen LogP) is 1.85. The summed E-state index contributed by atoms with van der Waals surface area (Å²) in [7, 11) is 0.115. The van der Waals surface area contributed by atoms with Crippen LogP contribution in [0.25, 0.3) is 0 Å². The molecule has 0 radical (unpaired) electrons. The molecule has 1 heterocycles. The molecule has 0 amide bonds. The number of hydrogen-bond donors (Lipinski definition) is 0. The van der Waals surface area contributed by atoms with Gasteiger partial charge in [0.25, 0.3) is 0 Å². The molecule has 1 saturated heterocycles. The van der Waals surface area contributed by atoms with Crippen molar-refractivity contribution in [2.75, 3.05) is 0 Å². The van der Waals surface area contributed by atoms with Crippen molar-refractivity contribution in [3.63, 3.8) is 0 Å². The normalized spacial score (nSPS) is 31.3. The van der Waals surface area contributed by atoms with Gasteiger partial charge in [0.15, 0.2) is 0 Å². The average Bonchev–Trinajstić information content (AvgIpc) is 2.12. The number of rotatable bonds is 3. The highest BCUT2D eigenvalue weighted by molar-refractivity contribution is 6.84. The van der Waals surface area contributed by atoms with Crippen molar-refractivity contribution in [1.29, 1.82) is 0 Å². The smallest absolute Gasteiger partial charge is 0.106 e. The van der Waals surface area contributed by atoms with E-state index in [1.807, 2.05) is 0 Å². The van der Waals surface area contributed by atoms with Gasteiger partial charge in [0.2, 0.25) is 0 Å². The van der Waals surface area contributed by atoms with Crippen LogP contribution in [0.15, 0.2) is 0 Å². The summed E-state index contributed by atoms with van der Waals surface area (Å²) in [5.41, 5.74) is 3.49. The molecule has 1 nitrogen and oxygen atoms in total. The van der Waals surface area contributed by atoms with Crippen molar-refractivity contribution in [3.05, 3.63) is 0 Å². The van der Waals surface area contributed by atoms with Gasteiger partial charge in [0.05, 0.1) is 0 Å². The Morgan fingerprint density at radius 3 is 2.21 bits per heavy atom. The molecule has 14 heavy (non-hydrogen) atoms. The summed E-state index contributed by atoms with van der Waals surface area (Å²) in [5.74, 6) is 0. The highest BCUT2D eigenvalue weighted by atomic mass is 28.4. The fourth-order valence-electron chi connectivity index (χ4n) is 3.21. The van der Waals surface area contributed by atoms with Crippen molar-refractivity contribution >= 4 is 18.5 Å². The molecule has 0 unspecified atom stereocenters. The number of hydrogen-bond acceptors (Lipinski definition) is 1. The second kappa shape index (κ2) is 4.95. The Kier molecular flexibility index (Phi) is 3.85. The van der Waals surface area contributed by atoms with E-state index in [9.17, 15) is 0 Å². The fourth-order valence-corrected chi connectivity index (χ4v) is 10.4. The van der Waals surface area contributed by atoms with Crippen LogP contribution in [0.1, 0.15) is 46.0 Å². The second-order valence-electron chi connectivity index (χ2n) is 5.42. The Balaban J connectivity index is 1.93. The predicted molar refractivity (Wildman–Crippen MR) is 69.2 cm³/mol. The van der Waals surface area contributed by atoms with E-state index in [-0.39, 0.29) is 8.96 Å². The van der Waals surface area contributed by atoms with E-state index in [4.69, 9.17) is 0 Å². The van der Waals surface area contributed by atoms with Gasteiger partial charge >= 0.3 is 0 Å². The summed E-state index contributed by atoms with van der Waals surface area (Å²) in [6.45, 7) is 4.86. The number of nitrogens with zero attached hydrogens (tertiary/aromatic N) is 1. The van der Waals surface area contributed by atoms with Gasteiger partial charge < -0.3 is 4.57 Å². The molecule has 82 valence electrons. The summed E-state index contributed by atoms with van der Waals surface area (Å²) in [5, 5.41) is 0. The van der Waals surface area contributed by atoms with Crippen LogP contribution in [0.4, 0.5) is 0 Å². The van der Waals surface area contributed by atoms with Crippen LogP contribution in [0.3, 0.4) is 0 Å². The maximum atomic E-state index is 3.01. The standard InChI is InChI=1S/C11H25NSi2/c1-10(2)12(14-8-13-9-14)11-6-4-3-5-7-11/h10-11,14H,3-9,13H2,1-2H3. The van der Waals surface area contributed by atoms with Crippen LogP contribution in [-0.2, 0) is 0 Å². The molecule has 0 aromatic heterocycles. The zero-order valence-corrected chi connectivity index (χ0v) is 12.4. The minimum atomic E-state index is -0.352. The van der Waals surface area contributed by atoms with E-state index in [0.29, 0.717) is 9.52 Å². The molecular formula is C11H25NSi2. The topological polar surface area (TPSA) is 3.24 Å². The first-order valence-corrected chi connectivity index (χ1v) is 10.7. The van der Waals surface area contributed by atoms with Gasteiger partial charge in [0.1, 0.15) is 8.96 Å². The van der Waals surface area contributed by atoms with Crippen LogP contribution in [-0.4, -0.2) is 35.1 Å². The second-order valence-corrected chi connectivity index (χ2v) is 12.6. The van der Waals surface area contributed by atoms with E-state index < -0.39 is 0 Å². The molecule has 2 aliphatic rings. The van der Waals surface area contributed by atoms with Gasteiger partial charge in [-0.1, -0.05) is 44.4 Å². The summed E-state index contributed by atoms with van der Waals surface area (Å²) >= 11 is 0. The lowest BCUT2D eigenvalue weighted by Crippen LogP contribution is -2.55. The first-order chi connectivity index (χ1) is 6.79. The van der Waals surface area contributed by atoms with Crippen LogP contribution in [0, 0.1) is 0 Å². The van der Waals surface area contributed by atoms with Crippen molar-refractivity contribution in [2.45, 2.75) is 69.4 Å². The van der Waals surface area contributed by atoms with Crippen LogP contribution in [0.2, 0.25) is 11.3 Å². The molecular weight excluding hydrogens is 202 g/mol. The molecule has 3 heteroatoms. The lowest BCUT2D eigenvalue weighted by atomic mass is 9.95. The third-order valence-corrected chi connectivity index (χ3v) is 14.5. The van der Waals surface area contributed by atoms with Crippen molar-refractivity contribution in [1.82, 2.24) is 4.57 Å². The van der Waals surface area contributed by atoms with Crippen LogP contribution < -0.4 is 0 Å². The third-order valence-electron chi connectivity index (χ3n) is 4.09.